The van der Waals surface area contributed by atoms with Crippen molar-refractivity contribution in [3.05, 3.63) is 35.4 Å². The Morgan fingerprint density at radius 3 is 2.19 bits per heavy atom. The van der Waals surface area contributed by atoms with Gasteiger partial charge in [0.2, 0.25) is 0 Å². The molecule has 0 amide bonds. The molecule has 1 unspecified atom stereocenters. The van der Waals surface area contributed by atoms with Crippen LogP contribution in [0, 0.1) is 5.92 Å². The van der Waals surface area contributed by atoms with E-state index >= 15 is 0 Å². The van der Waals surface area contributed by atoms with E-state index in [-0.39, 0.29) is 5.92 Å². The summed E-state index contributed by atoms with van der Waals surface area (Å²) in [6.07, 6.45) is -2.34. The van der Waals surface area contributed by atoms with Crippen LogP contribution in [0.3, 0.4) is 0 Å². The third-order valence-corrected chi connectivity index (χ3v) is 4.01. The Balaban J connectivity index is 3.07. The monoisotopic (exact) mass is 301 g/mol. The topological polar surface area (TPSA) is 12.0 Å². The summed E-state index contributed by atoms with van der Waals surface area (Å²) in [7, 11) is 0. The smallest absolute Gasteiger partial charge is 0.314 e. The molecule has 0 bridgehead atoms. The summed E-state index contributed by atoms with van der Waals surface area (Å²) in [4.78, 5) is 0. The zero-order valence-corrected chi connectivity index (χ0v) is 13.3. The molecule has 0 aliphatic rings. The molecule has 1 atom stereocenters. The lowest BCUT2D eigenvalue weighted by Crippen LogP contribution is -2.31. The predicted molar refractivity (Wildman–Crippen MR) is 81.4 cm³/mol. The van der Waals surface area contributed by atoms with E-state index in [4.69, 9.17) is 0 Å². The average Bonchev–Trinajstić information content (AvgIpc) is 2.42. The van der Waals surface area contributed by atoms with Crippen molar-refractivity contribution < 1.29 is 13.2 Å². The van der Waals surface area contributed by atoms with E-state index in [9.17, 15) is 13.2 Å². The first-order valence-electron chi connectivity index (χ1n) is 7.70. The molecular weight excluding hydrogens is 275 g/mol. The predicted octanol–water partition coefficient (Wildman–Crippen LogP) is 5.22. The van der Waals surface area contributed by atoms with Gasteiger partial charge < -0.3 is 5.32 Å². The molecule has 120 valence electrons. The zero-order chi connectivity index (χ0) is 16.0. The van der Waals surface area contributed by atoms with Crippen LogP contribution < -0.4 is 5.32 Å². The fourth-order valence-electron chi connectivity index (χ4n) is 2.72. The Morgan fingerprint density at radius 2 is 1.71 bits per heavy atom. The van der Waals surface area contributed by atoms with E-state index in [0.29, 0.717) is 18.5 Å². The Labute approximate surface area is 125 Å². The van der Waals surface area contributed by atoms with Gasteiger partial charge in [-0.3, -0.25) is 0 Å². The molecule has 1 rings (SSSR count). The Bertz CT molecular complexity index is 422. The van der Waals surface area contributed by atoms with Crippen LogP contribution >= 0.6 is 0 Å². The van der Waals surface area contributed by atoms with Gasteiger partial charge in [0, 0.05) is 12.6 Å². The van der Waals surface area contributed by atoms with Crippen LogP contribution in [0.4, 0.5) is 13.2 Å². The minimum absolute atomic E-state index is 0.115. The van der Waals surface area contributed by atoms with Gasteiger partial charge in [0.25, 0.3) is 0 Å². The van der Waals surface area contributed by atoms with Gasteiger partial charge in [0.15, 0.2) is 0 Å². The Kier molecular flexibility index (Phi) is 6.72. The molecular formula is C17H26F3N. The van der Waals surface area contributed by atoms with Crippen molar-refractivity contribution in [2.45, 2.75) is 58.7 Å². The van der Waals surface area contributed by atoms with Gasteiger partial charge in [-0.2, -0.15) is 13.2 Å². The van der Waals surface area contributed by atoms with E-state index in [1.807, 2.05) is 6.07 Å². The summed E-state index contributed by atoms with van der Waals surface area (Å²) in [6, 6.07) is 6.12. The molecule has 0 saturated carbocycles. The summed E-state index contributed by atoms with van der Waals surface area (Å²) < 4.78 is 38.7. The Hall–Kier alpha value is -1.03. The zero-order valence-electron chi connectivity index (χ0n) is 13.3. The minimum atomic E-state index is -4.28. The molecule has 21 heavy (non-hydrogen) atoms. The van der Waals surface area contributed by atoms with Crippen LogP contribution in [0.1, 0.15) is 57.6 Å². The van der Waals surface area contributed by atoms with Gasteiger partial charge in [-0.1, -0.05) is 58.7 Å². The highest BCUT2D eigenvalue weighted by atomic mass is 19.4. The molecule has 1 aromatic rings. The van der Waals surface area contributed by atoms with E-state index < -0.39 is 11.7 Å². The molecule has 1 N–H and O–H groups in total. The fourth-order valence-corrected chi connectivity index (χ4v) is 2.72. The van der Waals surface area contributed by atoms with Gasteiger partial charge in [0.1, 0.15) is 0 Å². The van der Waals surface area contributed by atoms with Crippen LogP contribution in [0.15, 0.2) is 24.3 Å². The number of benzene rings is 1. The molecule has 0 saturated heterocycles. The second kappa shape index (κ2) is 7.83. The number of hydrogen-bond acceptors (Lipinski definition) is 1. The van der Waals surface area contributed by atoms with Crippen LogP contribution in [-0.4, -0.2) is 12.6 Å². The van der Waals surface area contributed by atoms with Gasteiger partial charge in [-0.25, -0.2) is 0 Å². The largest absolute Gasteiger partial charge is 0.416 e. The third kappa shape index (κ3) is 5.34. The van der Waals surface area contributed by atoms with Crippen molar-refractivity contribution in [2.24, 2.45) is 5.92 Å². The molecule has 4 heteroatoms. The van der Waals surface area contributed by atoms with Gasteiger partial charge in [0.05, 0.1) is 5.56 Å². The first-order chi connectivity index (χ1) is 9.79. The molecule has 0 spiro atoms. The SMILES string of the molecule is CCC(CC)C(CNC(C)C)c1cccc(C(F)(F)F)c1. The van der Waals surface area contributed by atoms with Crippen molar-refractivity contribution in [1.29, 1.82) is 0 Å². The standard InChI is InChI=1S/C17H26F3N/c1-5-13(6-2)16(11-21-12(3)4)14-8-7-9-15(10-14)17(18,19)20/h7-10,12-13,16,21H,5-6,11H2,1-4H3. The van der Waals surface area contributed by atoms with Crippen LogP contribution in [0.5, 0.6) is 0 Å². The number of nitrogens with one attached hydrogen (secondary N) is 1. The maximum atomic E-state index is 12.9. The van der Waals surface area contributed by atoms with Crippen LogP contribution in [0.2, 0.25) is 0 Å². The highest BCUT2D eigenvalue weighted by Crippen LogP contribution is 2.34. The number of hydrogen-bond donors (Lipinski definition) is 1. The highest BCUT2D eigenvalue weighted by Gasteiger charge is 2.31. The van der Waals surface area contributed by atoms with Crippen molar-refractivity contribution in [1.82, 2.24) is 5.32 Å². The molecule has 0 aromatic heterocycles. The van der Waals surface area contributed by atoms with Crippen molar-refractivity contribution >= 4 is 0 Å². The van der Waals surface area contributed by atoms with E-state index in [2.05, 4.69) is 33.0 Å². The quantitative estimate of drug-likeness (QED) is 0.727. The molecule has 0 fully saturated rings. The summed E-state index contributed by atoms with van der Waals surface area (Å²) in [6.45, 7) is 9.02. The summed E-state index contributed by atoms with van der Waals surface area (Å²) in [5.74, 6) is 0.504. The molecule has 0 aliphatic heterocycles. The van der Waals surface area contributed by atoms with Crippen molar-refractivity contribution in [3.8, 4) is 0 Å². The van der Waals surface area contributed by atoms with Gasteiger partial charge in [-0.15, -0.1) is 0 Å². The summed E-state index contributed by atoms with van der Waals surface area (Å²) in [5, 5.41) is 3.37. The lowest BCUT2D eigenvalue weighted by atomic mass is 9.82. The van der Waals surface area contributed by atoms with Crippen molar-refractivity contribution in [3.63, 3.8) is 0 Å². The average molecular weight is 301 g/mol. The molecule has 1 nitrogen and oxygen atoms in total. The van der Waals surface area contributed by atoms with Crippen molar-refractivity contribution in [2.75, 3.05) is 6.54 Å². The Morgan fingerprint density at radius 1 is 1.10 bits per heavy atom. The van der Waals surface area contributed by atoms with E-state index in [1.54, 1.807) is 0 Å². The van der Waals surface area contributed by atoms with E-state index in [0.717, 1.165) is 24.5 Å². The van der Waals surface area contributed by atoms with Gasteiger partial charge >= 0.3 is 6.18 Å². The van der Waals surface area contributed by atoms with E-state index in [1.165, 1.54) is 12.1 Å². The summed E-state index contributed by atoms with van der Waals surface area (Å²) >= 11 is 0. The third-order valence-electron chi connectivity index (χ3n) is 4.01. The first-order valence-corrected chi connectivity index (χ1v) is 7.70. The first kappa shape index (κ1) is 18.0. The maximum absolute atomic E-state index is 12.9. The normalized spacial score (nSPS) is 14.0. The second-order valence-electron chi connectivity index (χ2n) is 5.87. The molecule has 0 aliphatic carbocycles. The second-order valence-corrected chi connectivity index (χ2v) is 5.87. The molecule has 0 heterocycles. The molecule has 1 aromatic carbocycles. The van der Waals surface area contributed by atoms with Gasteiger partial charge in [-0.05, 0) is 23.5 Å². The number of rotatable bonds is 7. The minimum Gasteiger partial charge on any atom is -0.314 e. The number of alkyl halides is 3. The molecule has 0 radical (unpaired) electrons. The lowest BCUT2D eigenvalue weighted by molar-refractivity contribution is -0.137. The fraction of sp³-hybridized carbons (Fsp3) is 0.647. The van der Waals surface area contributed by atoms with Crippen LogP contribution in [0.25, 0.3) is 0 Å². The highest BCUT2D eigenvalue weighted by molar-refractivity contribution is 5.29. The maximum Gasteiger partial charge on any atom is 0.416 e. The number of halogens is 3. The summed E-state index contributed by atoms with van der Waals surface area (Å²) in [5.41, 5.74) is 0.229. The van der Waals surface area contributed by atoms with Crippen LogP contribution in [-0.2, 0) is 6.18 Å². The lowest BCUT2D eigenvalue weighted by Gasteiger charge is -2.27.